The molecule has 3 heterocycles. The molecule has 0 N–H and O–H groups in total. The predicted octanol–water partition coefficient (Wildman–Crippen LogP) is 5.32. The van der Waals surface area contributed by atoms with Crippen molar-refractivity contribution in [1.82, 2.24) is 9.61 Å². The van der Waals surface area contributed by atoms with Gasteiger partial charge in [0.05, 0.1) is 23.5 Å². The Balaban J connectivity index is 1.39. The highest BCUT2D eigenvalue weighted by atomic mass is 16.5. The minimum Gasteiger partial charge on any atom is -0.489 e. The van der Waals surface area contributed by atoms with Gasteiger partial charge in [-0.25, -0.2) is 4.52 Å². The highest BCUT2D eigenvalue weighted by Gasteiger charge is 2.22. The molecule has 0 atom stereocenters. The topological polar surface area (TPSA) is 53.6 Å². The first-order valence-corrected chi connectivity index (χ1v) is 10.7. The minimum absolute atomic E-state index is 0.170. The van der Waals surface area contributed by atoms with Gasteiger partial charge in [0.2, 0.25) is 0 Å². The number of rotatable bonds is 5. The van der Waals surface area contributed by atoms with Gasteiger partial charge in [0.1, 0.15) is 12.4 Å². The number of anilines is 1. The van der Waals surface area contributed by atoms with E-state index in [2.05, 4.69) is 46.4 Å². The maximum atomic E-state index is 9.21. The number of ether oxygens (including phenoxy) is 1. The van der Waals surface area contributed by atoms with Crippen LogP contribution >= 0.6 is 0 Å². The average molecular weight is 409 g/mol. The number of fused-ring (bicyclic) bond motifs is 1. The standard InChI is InChI=1S/C26H24N4O/c27-17-20-12-15-29(16-13-20)25-7-4-14-30-26(25)24(18-28-30)22-8-10-23(11-9-22)31-19-21-5-2-1-3-6-21/h1-11,14,18,20H,12-13,15-16,19H2. The number of hydrogen-bond donors (Lipinski definition) is 0. The molecule has 5 rings (SSSR count). The fourth-order valence-corrected chi connectivity index (χ4v) is 4.21. The molecule has 1 aliphatic rings. The van der Waals surface area contributed by atoms with Crippen LogP contribution in [0.4, 0.5) is 5.69 Å². The van der Waals surface area contributed by atoms with Crippen LogP contribution in [-0.4, -0.2) is 22.7 Å². The third-order valence-corrected chi connectivity index (χ3v) is 5.95. The second kappa shape index (κ2) is 8.53. The number of nitrogens with zero attached hydrogens (tertiary/aromatic N) is 4. The molecule has 154 valence electrons. The van der Waals surface area contributed by atoms with Gasteiger partial charge in [0.25, 0.3) is 0 Å². The number of hydrogen-bond acceptors (Lipinski definition) is 4. The Morgan fingerprint density at radius 1 is 0.968 bits per heavy atom. The van der Waals surface area contributed by atoms with Gasteiger partial charge < -0.3 is 9.64 Å². The van der Waals surface area contributed by atoms with Crippen LogP contribution in [0.15, 0.2) is 79.1 Å². The molecule has 4 aromatic rings. The van der Waals surface area contributed by atoms with Crippen LogP contribution in [0, 0.1) is 17.2 Å². The van der Waals surface area contributed by atoms with Crippen LogP contribution in [0.1, 0.15) is 18.4 Å². The maximum absolute atomic E-state index is 9.21. The summed E-state index contributed by atoms with van der Waals surface area (Å²) in [5.41, 5.74) is 5.65. The number of aromatic nitrogens is 2. The second-order valence-electron chi connectivity index (χ2n) is 7.93. The van der Waals surface area contributed by atoms with Gasteiger partial charge >= 0.3 is 0 Å². The van der Waals surface area contributed by atoms with E-state index in [9.17, 15) is 5.26 Å². The molecule has 2 aromatic heterocycles. The molecule has 0 radical (unpaired) electrons. The SMILES string of the molecule is N#CC1CCN(c2cccn3ncc(-c4ccc(OCc5ccccc5)cc4)c23)CC1. The lowest BCUT2D eigenvalue weighted by Gasteiger charge is -2.31. The first-order valence-electron chi connectivity index (χ1n) is 10.7. The molecule has 5 heteroatoms. The van der Waals surface area contributed by atoms with Gasteiger partial charge in [0.15, 0.2) is 0 Å². The van der Waals surface area contributed by atoms with E-state index in [0.717, 1.165) is 53.9 Å². The lowest BCUT2D eigenvalue weighted by molar-refractivity contribution is 0.306. The second-order valence-corrected chi connectivity index (χ2v) is 7.93. The van der Waals surface area contributed by atoms with Crippen molar-refractivity contribution in [2.24, 2.45) is 5.92 Å². The Hall–Kier alpha value is -3.78. The van der Waals surface area contributed by atoms with Crippen molar-refractivity contribution in [1.29, 1.82) is 5.26 Å². The number of piperidine rings is 1. The molecule has 0 spiro atoms. The fourth-order valence-electron chi connectivity index (χ4n) is 4.21. The van der Waals surface area contributed by atoms with Gasteiger partial charge in [-0.1, -0.05) is 42.5 Å². The van der Waals surface area contributed by atoms with Crippen LogP contribution in [0.25, 0.3) is 16.6 Å². The minimum atomic E-state index is 0.170. The predicted molar refractivity (Wildman–Crippen MR) is 122 cm³/mol. The highest BCUT2D eigenvalue weighted by Crippen LogP contribution is 2.34. The van der Waals surface area contributed by atoms with Crippen molar-refractivity contribution in [3.63, 3.8) is 0 Å². The molecule has 1 aliphatic heterocycles. The van der Waals surface area contributed by atoms with E-state index < -0.39 is 0 Å². The Bertz CT molecular complexity index is 1200. The van der Waals surface area contributed by atoms with E-state index in [-0.39, 0.29) is 5.92 Å². The Kier molecular flexibility index (Phi) is 5.28. The largest absolute Gasteiger partial charge is 0.489 e. The molecular weight excluding hydrogens is 384 g/mol. The summed E-state index contributed by atoms with van der Waals surface area (Å²) in [6.45, 7) is 2.35. The molecule has 1 saturated heterocycles. The normalized spacial score (nSPS) is 14.5. The number of pyridine rings is 1. The molecule has 0 unspecified atom stereocenters. The van der Waals surface area contributed by atoms with Crippen molar-refractivity contribution < 1.29 is 4.74 Å². The van der Waals surface area contributed by atoms with Crippen molar-refractivity contribution in [2.45, 2.75) is 19.4 Å². The third-order valence-electron chi connectivity index (χ3n) is 5.95. The Labute approximate surface area is 182 Å². The van der Waals surface area contributed by atoms with Gasteiger partial charge in [-0.05, 0) is 48.2 Å². The summed E-state index contributed by atoms with van der Waals surface area (Å²) in [6.07, 6.45) is 5.74. The van der Waals surface area contributed by atoms with E-state index in [0.29, 0.717) is 6.61 Å². The fraction of sp³-hybridized carbons (Fsp3) is 0.231. The zero-order valence-electron chi connectivity index (χ0n) is 17.3. The van der Waals surface area contributed by atoms with Crippen LogP contribution in [-0.2, 0) is 6.61 Å². The summed E-state index contributed by atoms with van der Waals surface area (Å²) in [6, 6.07) is 25.0. The molecule has 0 amide bonds. The maximum Gasteiger partial charge on any atom is 0.119 e. The lowest BCUT2D eigenvalue weighted by atomic mass is 9.97. The van der Waals surface area contributed by atoms with Crippen molar-refractivity contribution in [3.8, 4) is 22.9 Å². The van der Waals surface area contributed by atoms with Gasteiger partial charge in [-0.2, -0.15) is 10.4 Å². The first-order chi connectivity index (χ1) is 15.3. The summed E-state index contributed by atoms with van der Waals surface area (Å²) in [5, 5.41) is 13.8. The molecule has 0 aliphatic carbocycles. The van der Waals surface area contributed by atoms with E-state index in [1.807, 2.05) is 53.3 Å². The Morgan fingerprint density at radius 3 is 2.48 bits per heavy atom. The molecule has 5 nitrogen and oxygen atoms in total. The van der Waals surface area contributed by atoms with Crippen molar-refractivity contribution >= 4 is 11.2 Å². The van der Waals surface area contributed by atoms with Crippen LogP contribution in [0.3, 0.4) is 0 Å². The molecule has 2 aromatic carbocycles. The first kappa shape index (κ1) is 19.2. The smallest absolute Gasteiger partial charge is 0.119 e. The van der Waals surface area contributed by atoms with E-state index in [1.165, 1.54) is 5.69 Å². The van der Waals surface area contributed by atoms with Crippen molar-refractivity contribution in [3.05, 3.63) is 84.7 Å². The summed E-state index contributed by atoms with van der Waals surface area (Å²) in [7, 11) is 0. The third kappa shape index (κ3) is 3.97. The van der Waals surface area contributed by atoms with E-state index in [1.54, 1.807) is 0 Å². The number of nitriles is 1. The van der Waals surface area contributed by atoms with E-state index in [4.69, 9.17) is 4.74 Å². The Morgan fingerprint density at radius 2 is 1.74 bits per heavy atom. The molecular formula is C26H24N4O. The zero-order chi connectivity index (χ0) is 21.0. The number of benzene rings is 2. The average Bonchev–Trinajstić information content (AvgIpc) is 3.28. The summed E-state index contributed by atoms with van der Waals surface area (Å²) in [5.74, 6) is 1.02. The highest BCUT2D eigenvalue weighted by molar-refractivity contribution is 5.90. The summed E-state index contributed by atoms with van der Waals surface area (Å²) in [4.78, 5) is 2.38. The molecule has 1 fully saturated rings. The van der Waals surface area contributed by atoms with Crippen LogP contribution in [0.5, 0.6) is 5.75 Å². The van der Waals surface area contributed by atoms with Crippen LogP contribution < -0.4 is 9.64 Å². The quantitative estimate of drug-likeness (QED) is 0.448. The molecule has 0 saturated carbocycles. The zero-order valence-corrected chi connectivity index (χ0v) is 17.3. The molecule has 0 bridgehead atoms. The monoisotopic (exact) mass is 408 g/mol. The van der Waals surface area contributed by atoms with E-state index >= 15 is 0 Å². The van der Waals surface area contributed by atoms with Gasteiger partial charge in [0, 0.05) is 30.8 Å². The lowest BCUT2D eigenvalue weighted by Crippen LogP contribution is -2.33. The summed E-state index contributed by atoms with van der Waals surface area (Å²) >= 11 is 0. The summed E-state index contributed by atoms with van der Waals surface area (Å²) < 4.78 is 7.88. The molecule has 31 heavy (non-hydrogen) atoms. The van der Waals surface area contributed by atoms with Crippen molar-refractivity contribution in [2.75, 3.05) is 18.0 Å². The van der Waals surface area contributed by atoms with Gasteiger partial charge in [-0.15, -0.1) is 0 Å². The van der Waals surface area contributed by atoms with Gasteiger partial charge in [-0.3, -0.25) is 0 Å². The van der Waals surface area contributed by atoms with Crippen LogP contribution in [0.2, 0.25) is 0 Å².